The first-order chi connectivity index (χ1) is 10.3. The van der Waals surface area contributed by atoms with E-state index >= 15 is 0 Å². The molecular weight excluding hydrogens is 305 g/mol. The van der Waals surface area contributed by atoms with Gasteiger partial charge in [0, 0.05) is 0 Å². The van der Waals surface area contributed by atoms with Crippen molar-refractivity contribution in [2.45, 2.75) is 18.8 Å². The highest BCUT2D eigenvalue weighted by Crippen LogP contribution is 2.12. The fourth-order valence-corrected chi connectivity index (χ4v) is 1.41. The third kappa shape index (κ3) is 6.93. The minimum Gasteiger partial charge on any atom is -0.445 e. The van der Waals surface area contributed by atoms with Crippen molar-refractivity contribution in [2.24, 2.45) is 0 Å². The summed E-state index contributed by atoms with van der Waals surface area (Å²) < 4.78 is 40.7. The number of hydrogen-bond acceptors (Lipinski definition) is 4. The van der Waals surface area contributed by atoms with E-state index in [-0.39, 0.29) is 6.61 Å². The van der Waals surface area contributed by atoms with E-state index in [1.807, 2.05) is 5.32 Å². The number of aliphatic hydroxyl groups excluding tert-OH is 1. The summed E-state index contributed by atoms with van der Waals surface area (Å²) >= 11 is 0. The second-order valence-electron chi connectivity index (χ2n) is 4.27. The first kappa shape index (κ1) is 17.8. The van der Waals surface area contributed by atoms with Crippen molar-refractivity contribution in [3.8, 4) is 0 Å². The van der Waals surface area contributed by atoms with Crippen molar-refractivity contribution in [3.63, 3.8) is 0 Å². The Bertz CT molecular complexity index is 494. The Morgan fingerprint density at radius 3 is 2.41 bits per heavy atom. The predicted molar refractivity (Wildman–Crippen MR) is 69.7 cm³/mol. The number of carbonyl (C=O) groups is 2. The fraction of sp³-hybridized carbons (Fsp3) is 0.385. The van der Waals surface area contributed by atoms with Crippen molar-refractivity contribution in [3.05, 3.63) is 35.9 Å². The molecule has 0 aliphatic rings. The summed E-state index contributed by atoms with van der Waals surface area (Å²) in [5.41, 5.74) is 0.694. The molecule has 0 heterocycles. The van der Waals surface area contributed by atoms with Gasteiger partial charge in [0.25, 0.3) is 0 Å². The Morgan fingerprint density at radius 2 is 1.86 bits per heavy atom. The van der Waals surface area contributed by atoms with E-state index in [2.05, 4.69) is 0 Å². The monoisotopic (exact) mass is 320 g/mol. The molecule has 1 unspecified atom stereocenters. The number of halogens is 3. The molecule has 0 spiro atoms. The number of alkyl halides is 3. The average molecular weight is 320 g/mol. The summed E-state index contributed by atoms with van der Waals surface area (Å²) in [6, 6.07) is 7.12. The number of hydrogen-bond donors (Lipinski definition) is 3. The Kier molecular flexibility index (Phi) is 6.64. The SMILES string of the molecule is O=C(NC(CO)C(=O)NCC(F)(F)F)OCc1ccccc1. The molecule has 6 nitrogen and oxygen atoms in total. The molecule has 1 rings (SSSR count). The van der Waals surface area contributed by atoms with Gasteiger partial charge in [0.15, 0.2) is 0 Å². The first-order valence-corrected chi connectivity index (χ1v) is 6.24. The van der Waals surface area contributed by atoms with Gasteiger partial charge in [-0.1, -0.05) is 30.3 Å². The molecule has 0 radical (unpaired) electrons. The zero-order valence-corrected chi connectivity index (χ0v) is 11.4. The Balaban J connectivity index is 2.41. The molecule has 0 bridgehead atoms. The number of nitrogens with one attached hydrogen (secondary N) is 2. The Hall–Kier alpha value is -2.29. The van der Waals surface area contributed by atoms with Crippen LogP contribution in [0.1, 0.15) is 5.56 Å². The maximum Gasteiger partial charge on any atom is 0.408 e. The molecule has 0 aliphatic heterocycles. The van der Waals surface area contributed by atoms with Crippen LogP contribution < -0.4 is 10.6 Å². The summed E-state index contributed by atoms with van der Waals surface area (Å²) in [7, 11) is 0. The van der Waals surface area contributed by atoms with Crippen LogP contribution in [0.25, 0.3) is 0 Å². The summed E-state index contributed by atoms with van der Waals surface area (Å²) in [6.07, 6.45) is -5.60. The standard InChI is InChI=1S/C13H15F3N2O4/c14-13(15,16)8-17-11(20)10(6-19)18-12(21)22-7-9-4-2-1-3-5-9/h1-5,10,19H,6-8H2,(H,17,20)(H,18,21). The molecule has 0 aromatic heterocycles. The molecule has 1 aromatic carbocycles. The largest absolute Gasteiger partial charge is 0.445 e. The van der Waals surface area contributed by atoms with Crippen molar-refractivity contribution < 1.29 is 32.6 Å². The molecule has 1 aromatic rings. The Labute approximate surface area is 124 Å². The minimum atomic E-state index is -4.58. The van der Waals surface area contributed by atoms with Crippen LogP contribution in [0.5, 0.6) is 0 Å². The average Bonchev–Trinajstić information content (AvgIpc) is 2.48. The van der Waals surface area contributed by atoms with E-state index < -0.39 is 37.4 Å². The van der Waals surface area contributed by atoms with Gasteiger partial charge in [0.1, 0.15) is 19.2 Å². The highest BCUT2D eigenvalue weighted by molar-refractivity contribution is 5.85. The fourth-order valence-electron chi connectivity index (χ4n) is 1.41. The molecule has 0 aliphatic carbocycles. The van der Waals surface area contributed by atoms with Gasteiger partial charge in [0.2, 0.25) is 5.91 Å². The van der Waals surface area contributed by atoms with E-state index in [0.717, 1.165) is 0 Å². The van der Waals surface area contributed by atoms with Gasteiger partial charge in [-0.2, -0.15) is 13.2 Å². The van der Waals surface area contributed by atoms with Crippen LogP contribution in [-0.4, -0.2) is 42.5 Å². The third-order valence-electron chi connectivity index (χ3n) is 2.47. The van der Waals surface area contributed by atoms with Gasteiger partial charge >= 0.3 is 12.3 Å². The number of benzene rings is 1. The molecule has 2 amide bonds. The summed E-state index contributed by atoms with van der Waals surface area (Å²) in [4.78, 5) is 22.8. The smallest absolute Gasteiger partial charge is 0.408 e. The van der Waals surface area contributed by atoms with Crippen LogP contribution in [0, 0.1) is 0 Å². The van der Waals surface area contributed by atoms with Crippen molar-refractivity contribution in [2.75, 3.05) is 13.2 Å². The maximum absolute atomic E-state index is 12.0. The maximum atomic E-state index is 12.0. The topological polar surface area (TPSA) is 87.7 Å². The first-order valence-electron chi connectivity index (χ1n) is 6.24. The van der Waals surface area contributed by atoms with Crippen LogP contribution in [0.2, 0.25) is 0 Å². The van der Waals surface area contributed by atoms with Gasteiger partial charge in [0.05, 0.1) is 6.61 Å². The number of carbonyl (C=O) groups excluding carboxylic acids is 2. The van der Waals surface area contributed by atoms with E-state index in [9.17, 15) is 22.8 Å². The lowest BCUT2D eigenvalue weighted by atomic mass is 10.2. The van der Waals surface area contributed by atoms with E-state index in [0.29, 0.717) is 5.56 Å². The third-order valence-corrected chi connectivity index (χ3v) is 2.47. The lowest BCUT2D eigenvalue weighted by Crippen LogP contribution is -2.50. The molecule has 3 N–H and O–H groups in total. The lowest BCUT2D eigenvalue weighted by Gasteiger charge is -2.16. The molecule has 122 valence electrons. The molecule has 22 heavy (non-hydrogen) atoms. The van der Waals surface area contributed by atoms with Crippen LogP contribution in [0.4, 0.5) is 18.0 Å². The molecule has 0 saturated heterocycles. The molecule has 1 atom stereocenters. The second-order valence-corrected chi connectivity index (χ2v) is 4.27. The zero-order valence-electron chi connectivity index (χ0n) is 11.4. The van der Waals surface area contributed by atoms with E-state index in [1.165, 1.54) is 0 Å². The normalized spacial score (nSPS) is 12.4. The molecular formula is C13H15F3N2O4. The number of alkyl carbamates (subject to hydrolysis) is 1. The summed E-state index contributed by atoms with van der Waals surface area (Å²) in [5.74, 6) is -1.16. The minimum absolute atomic E-state index is 0.0744. The van der Waals surface area contributed by atoms with Crippen molar-refractivity contribution >= 4 is 12.0 Å². The molecule has 0 fully saturated rings. The molecule has 9 heteroatoms. The van der Waals surface area contributed by atoms with Crippen LogP contribution in [0.15, 0.2) is 30.3 Å². The van der Waals surface area contributed by atoms with Crippen LogP contribution in [0.3, 0.4) is 0 Å². The highest BCUT2D eigenvalue weighted by atomic mass is 19.4. The van der Waals surface area contributed by atoms with Gasteiger partial charge in [-0.15, -0.1) is 0 Å². The number of ether oxygens (including phenoxy) is 1. The summed E-state index contributed by atoms with van der Waals surface area (Å²) in [6.45, 7) is -2.48. The van der Waals surface area contributed by atoms with Crippen LogP contribution in [-0.2, 0) is 16.1 Å². The summed E-state index contributed by atoms with van der Waals surface area (Å²) in [5, 5.41) is 12.5. The number of aliphatic hydroxyl groups is 1. The number of rotatable bonds is 6. The highest BCUT2D eigenvalue weighted by Gasteiger charge is 2.30. The van der Waals surface area contributed by atoms with E-state index in [1.54, 1.807) is 35.6 Å². The van der Waals surface area contributed by atoms with Gasteiger partial charge in [-0.25, -0.2) is 4.79 Å². The Morgan fingerprint density at radius 1 is 1.23 bits per heavy atom. The predicted octanol–water partition coefficient (Wildman–Crippen LogP) is 0.952. The van der Waals surface area contributed by atoms with Gasteiger partial charge < -0.3 is 20.5 Å². The second kappa shape index (κ2) is 8.23. The van der Waals surface area contributed by atoms with Gasteiger partial charge in [-0.3, -0.25) is 4.79 Å². The quantitative estimate of drug-likeness (QED) is 0.728. The lowest BCUT2D eigenvalue weighted by molar-refractivity contribution is -0.140. The zero-order chi connectivity index (χ0) is 16.6. The molecule has 0 saturated carbocycles. The van der Waals surface area contributed by atoms with E-state index in [4.69, 9.17) is 9.84 Å². The number of amides is 2. The van der Waals surface area contributed by atoms with Gasteiger partial charge in [-0.05, 0) is 5.56 Å². The van der Waals surface area contributed by atoms with Crippen molar-refractivity contribution in [1.82, 2.24) is 10.6 Å². The van der Waals surface area contributed by atoms with Crippen LogP contribution >= 0.6 is 0 Å². The van der Waals surface area contributed by atoms with Crippen molar-refractivity contribution in [1.29, 1.82) is 0 Å².